The molecule has 0 aromatic heterocycles. The van der Waals surface area contributed by atoms with Crippen LogP contribution < -0.4 is 9.64 Å². The number of carbonyl (C=O) groups excluding carboxylic acids is 2. The molecule has 0 unspecified atom stereocenters. The van der Waals surface area contributed by atoms with Crippen LogP contribution >= 0.6 is 0 Å². The SMILES string of the molecule is O=C1C(=O)N(c2ccc(OC(F)(F)F)cc2)c2ccccc21. The van der Waals surface area contributed by atoms with E-state index in [2.05, 4.69) is 4.74 Å². The minimum atomic E-state index is -4.78. The number of carbonyl (C=O) groups is 2. The molecule has 1 heterocycles. The molecule has 112 valence electrons. The Hall–Kier alpha value is -2.83. The van der Waals surface area contributed by atoms with Gasteiger partial charge in [-0.3, -0.25) is 14.5 Å². The van der Waals surface area contributed by atoms with E-state index in [1.54, 1.807) is 18.2 Å². The first kappa shape index (κ1) is 14.1. The van der Waals surface area contributed by atoms with Gasteiger partial charge in [0.05, 0.1) is 11.3 Å². The Kier molecular flexibility index (Phi) is 3.13. The van der Waals surface area contributed by atoms with Crippen LogP contribution in [0.25, 0.3) is 0 Å². The van der Waals surface area contributed by atoms with Gasteiger partial charge in [0, 0.05) is 5.69 Å². The second-order valence-electron chi connectivity index (χ2n) is 4.53. The number of ketones is 1. The summed E-state index contributed by atoms with van der Waals surface area (Å²) in [5, 5.41) is 0. The molecule has 7 heteroatoms. The van der Waals surface area contributed by atoms with E-state index in [9.17, 15) is 22.8 Å². The number of para-hydroxylation sites is 1. The molecule has 0 radical (unpaired) electrons. The average molecular weight is 307 g/mol. The van der Waals surface area contributed by atoms with Gasteiger partial charge in [0.15, 0.2) is 0 Å². The maximum Gasteiger partial charge on any atom is 0.573 e. The van der Waals surface area contributed by atoms with Gasteiger partial charge >= 0.3 is 12.3 Å². The van der Waals surface area contributed by atoms with E-state index < -0.39 is 23.8 Å². The number of alkyl halides is 3. The monoisotopic (exact) mass is 307 g/mol. The van der Waals surface area contributed by atoms with Gasteiger partial charge in [0.1, 0.15) is 5.75 Å². The number of benzene rings is 2. The molecule has 0 N–H and O–H groups in total. The fourth-order valence-corrected chi connectivity index (χ4v) is 2.24. The van der Waals surface area contributed by atoms with Crippen LogP contribution in [-0.4, -0.2) is 18.1 Å². The highest BCUT2D eigenvalue weighted by atomic mass is 19.4. The normalized spacial score (nSPS) is 14.2. The summed E-state index contributed by atoms with van der Waals surface area (Å²) in [5.74, 6) is -1.79. The molecule has 2 aromatic carbocycles. The molecule has 0 spiro atoms. The highest BCUT2D eigenvalue weighted by molar-refractivity contribution is 6.53. The van der Waals surface area contributed by atoms with Crippen molar-refractivity contribution in [3.8, 4) is 5.75 Å². The second kappa shape index (κ2) is 4.87. The van der Waals surface area contributed by atoms with Gasteiger partial charge in [-0.2, -0.15) is 0 Å². The quantitative estimate of drug-likeness (QED) is 0.798. The number of amides is 1. The maximum absolute atomic E-state index is 12.1. The summed E-state index contributed by atoms with van der Waals surface area (Å²) in [6.45, 7) is 0. The van der Waals surface area contributed by atoms with Crippen molar-refractivity contribution in [3.05, 3.63) is 54.1 Å². The Bertz CT molecular complexity index is 753. The molecule has 0 aliphatic carbocycles. The first-order valence-electron chi connectivity index (χ1n) is 6.20. The lowest BCUT2D eigenvalue weighted by Gasteiger charge is -2.17. The van der Waals surface area contributed by atoms with E-state index in [4.69, 9.17) is 0 Å². The molecule has 1 amide bonds. The summed E-state index contributed by atoms with van der Waals surface area (Å²) >= 11 is 0. The molecular formula is C15H8F3NO3. The lowest BCUT2D eigenvalue weighted by Crippen LogP contribution is -2.24. The molecule has 4 nitrogen and oxygen atoms in total. The van der Waals surface area contributed by atoms with E-state index in [-0.39, 0.29) is 11.3 Å². The molecule has 0 atom stereocenters. The van der Waals surface area contributed by atoms with Gasteiger partial charge < -0.3 is 4.74 Å². The minimum absolute atomic E-state index is 0.267. The van der Waals surface area contributed by atoms with E-state index >= 15 is 0 Å². The number of hydrogen-bond donors (Lipinski definition) is 0. The number of hydrogen-bond acceptors (Lipinski definition) is 3. The van der Waals surface area contributed by atoms with Crippen molar-refractivity contribution in [1.29, 1.82) is 0 Å². The Morgan fingerprint density at radius 2 is 1.55 bits per heavy atom. The third-order valence-electron chi connectivity index (χ3n) is 3.12. The molecule has 3 rings (SSSR count). The fourth-order valence-electron chi connectivity index (χ4n) is 2.24. The standard InChI is InChI=1S/C15H8F3NO3/c16-15(17,18)22-10-7-5-9(6-8-10)19-12-4-2-1-3-11(12)13(20)14(19)21/h1-8H. The number of rotatable bonds is 2. The Morgan fingerprint density at radius 3 is 2.18 bits per heavy atom. The molecule has 0 bridgehead atoms. The zero-order valence-corrected chi connectivity index (χ0v) is 10.9. The van der Waals surface area contributed by atoms with Crippen molar-refractivity contribution in [2.75, 3.05) is 4.90 Å². The molecule has 0 saturated heterocycles. The summed E-state index contributed by atoms with van der Waals surface area (Å²) in [4.78, 5) is 25.1. The summed E-state index contributed by atoms with van der Waals surface area (Å²) < 4.78 is 40.1. The van der Waals surface area contributed by atoms with Gasteiger partial charge in [0.25, 0.3) is 5.78 Å². The van der Waals surface area contributed by atoms with Gasteiger partial charge in [-0.1, -0.05) is 12.1 Å². The summed E-state index contributed by atoms with van der Waals surface area (Å²) in [6, 6.07) is 11.2. The van der Waals surface area contributed by atoms with Gasteiger partial charge in [-0.25, -0.2) is 0 Å². The molecule has 2 aromatic rings. The topological polar surface area (TPSA) is 46.6 Å². The number of Topliss-reactive ketones (excluding diaryl/α,β-unsaturated/α-hetero) is 1. The van der Waals surface area contributed by atoms with Crippen LogP contribution in [0.3, 0.4) is 0 Å². The van der Waals surface area contributed by atoms with Crippen LogP contribution in [0.5, 0.6) is 5.75 Å². The van der Waals surface area contributed by atoms with Gasteiger partial charge in [0.2, 0.25) is 0 Å². The summed E-state index contributed by atoms with van der Waals surface area (Å²) in [6.07, 6.45) is -4.78. The predicted octanol–water partition coefficient (Wildman–Crippen LogP) is 3.45. The largest absolute Gasteiger partial charge is 0.573 e. The van der Waals surface area contributed by atoms with Crippen molar-refractivity contribution in [3.63, 3.8) is 0 Å². The van der Waals surface area contributed by atoms with Crippen molar-refractivity contribution in [1.82, 2.24) is 0 Å². The van der Waals surface area contributed by atoms with Crippen molar-refractivity contribution >= 4 is 23.1 Å². The van der Waals surface area contributed by atoms with Crippen LogP contribution in [-0.2, 0) is 4.79 Å². The van der Waals surface area contributed by atoms with E-state index in [0.717, 1.165) is 17.0 Å². The highest BCUT2D eigenvalue weighted by Gasteiger charge is 2.36. The molecule has 1 aliphatic rings. The molecule has 1 aliphatic heterocycles. The van der Waals surface area contributed by atoms with E-state index in [1.807, 2.05) is 0 Å². The smallest absolute Gasteiger partial charge is 0.406 e. The number of nitrogens with zero attached hydrogens (tertiary/aromatic N) is 1. The van der Waals surface area contributed by atoms with E-state index in [0.29, 0.717) is 5.69 Å². The molecule has 22 heavy (non-hydrogen) atoms. The van der Waals surface area contributed by atoms with Crippen LogP contribution in [0.15, 0.2) is 48.5 Å². The minimum Gasteiger partial charge on any atom is -0.406 e. The lowest BCUT2D eigenvalue weighted by atomic mass is 10.1. The van der Waals surface area contributed by atoms with Gasteiger partial charge in [-0.15, -0.1) is 13.2 Å². The van der Waals surface area contributed by atoms with Crippen LogP contribution in [0.4, 0.5) is 24.5 Å². The van der Waals surface area contributed by atoms with Crippen LogP contribution in [0, 0.1) is 0 Å². The summed E-state index contributed by atoms with van der Waals surface area (Å²) in [5.41, 5.74) is 0.961. The van der Waals surface area contributed by atoms with E-state index in [1.165, 1.54) is 18.2 Å². The first-order valence-corrected chi connectivity index (χ1v) is 6.20. The molecule has 0 fully saturated rings. The van der Waals surface area contributed by atoms with Crippen molar-refractivity contribution < 1.29 is 27.5 Å². The highest BCUT2D eigenvalue weighted by Crippen LogP contribution is 2.36. The number of fused-ring (bicyclic) bond motifs is 1. The maximum atomic E-state index is 12.1. The Morgan fingerprint density at radius 1 is 0.909 bits per heavy atom. The fraction of sp³-hybridized carbons (Fsp3) is 0.0667. The van der Waals surface area contributed by atoms with Crippen LogP contribution in [0.1, 0.15) is 10.4 Å². The van der Waals surface area contributed by atoms with Gasteiger partial charge in [-0.05, 0) is 36.4 Å². The van der Waals surface area contributed by atoms with Crippen LogP contribution in [0.2, 0.25) is 0 Å². The summed E-state index contributed by atoms with van der Waals surface area (Å²) in [7, 11) is 0. The first-order chi connectivity index (χ1) is 10.4. The zero-order valence-electron chi connectivity index (χ0n) is 10.9. The average Bonchev–Trinajstić information content (AvgIpc) is 2.71. The Labute approximate surface area is 122 Å². The number of anilines is 2. The lowest BCUT2D eigenvalue weighted by molar-refractivity contribution is -0.274. The molecular weight excluding hydrogens is 299 g/mol. The Balaban J connectivity index is 1.95. The molecule has 0 saturated carbocycles. The number of halogens is 3. The van der Waals surface area contributed by atoms with Crippen molar-refractivity contribution in [2.24, 2.45) is 0 Å². The second-order valence-corrected chi connectivity index (χ2v) is 4.53. The number of ether oxygens (including phenoxy) is 1. The third-order valence-corrected chi connectivity index (χ3v) is 3.12. The van der Waals surface area contributed by atoms with Crippen molar-refractivity contribution in [2.45, 2.75) is 6.36 Å². The predicted molar refractivity (Wildman–Crippen MR) is 71.0 cm³/mol. The third kappa shape index (κ3) is 2.41. The zero-order chi connectivity index (χ0) is 15.9.